The summed E-state index contributed by atoms with van der Waals surface area (Å²) in [5.41, 5.74) is 0.584. The number of rotatable bonds is 1. The third kappa shape index (κ3) is 2.40. The van der Waals surface area contributed by atoms with Gasteiger partial charge in [0, 0.05) is 11.8 Å². The predicted octanol–water partition coefficient (Wildman–Crippen LogP) is 2.20. The lowest BCUT2D eigenvalue weighted by Gasteiger charge is -1.95. The van der Waals surface area contributed by atoms with Crippen molar-refractivity contribution in [2.45, 2.75) is 11.8 Å². The van der Waals surface area contributed by atoms with Crippen LogP contribution in [-0.4, -0.2) is 5.12 Å². The molecule has 2 nitrogen and oxygen atoms in total. The second-order valence-corrected chi connectivity index (χ2v) is 3.48. The molecule has 0 aliphatic rings. The zero-order valence-electron chi connectivity index (χ0n) is 6.57. The Balaban J connectivity index is 2.88. The molecule has 1 aromatic carbocycles. The van der Waals surface area contributed by atoms with Gasteiger partial charge in [0.15, 0.2) is 5.12 Å². The van der Waals surface area contributed by atoms with E-state index in [4.69, 9.17) is 5.26 Å². The molecule has 0 radical (unpaired) electrons. The van der Waals surface area contributed by atoms with Crippen LogP contribution >= 0.6 is 11.8 Å². The molecule has 3 heteroatoms. The number of hydrogen-bond acceptors (Lipinski definition) is 3. The molecule has 0 heterocycles. The summed E-state index contributed by atoms with van der Waals surface area (Å²) in [6.07, 6.45) is 0. The highest BCUT2D eigenvalue weighted by atomic mass is 32.2. The molecule has 0 amide bonds. The van der Waals surface area contributed by atoms with Crippen molar-refractivity contribution in [1.82, 2.24) is 0 Å². The summed E-state index contributed by atoms with van der Waals surface area (Å²) < 4.78 is 0. The number of thioether (sulfide) groups is 1. The molecule has 0 atom stereocenters. The topological polar surface area (TPSA) is 40.9 Å². The lowest BCUT2D eigenvalue weighted by atomic mass is 10.2. The molecule has 0 saturated carbocycles. The maximum absolute atomic E-state index is 10.7. The molecule has 60 valence electrons. The number of nitrogens with zero attached hydrogens (tertiary/aromatic N) is 1. The molecular weight excluding hydrogens is 170 g/mol. The summed E-state index contributed by atoms with van der Waals surface area (Å²) in [4.78, 5) is 11.5. The van der Waals surface area contributed by atoms with Gasteiger partial charge in [-0.15, -0.1) is 0 Å². The lowest BCUT2D eigenvalue weighted by Crippen LogP contribution is -1.81. The number of carbonyl (C=O) groups is 1. The van der Waals surface area contributed by atoms with E-state index in [1.54, 1.807) is 18.2 Å². The third-order valence-corrected chi connectivity index (χ3v) is 2.00. The second kappa shape index (κ2) is 3.93. The van der Waals surface area contributed by atoms with Gasteiger partial charge in [0.2, 0.25) is 0 Å². The van der Waals surface area contributed by atoms with Crippen LogP contribution in [0.25, 0.3) is 0 Å². The first kappa shape index (κ1) is 8.82. The summed E-state index contributed by atoms with van der Waals surface area (Å²) in [6, 6.07) is 9.01. The highest BCUT2D eigenvalue weighted by Gasteiger charge is 1.98. The Labute approximate surface area is 75.2 Å². The molecular formula is C9H7NOS. The van der Waals surface area contributed by atoms with Gasteiger partial charge in [0.25, 0.3) is 0 Å². The summed E-state index contributed by atoms with van der Waals surface area (Å²) in [5.74, 6) is 0. The number of nitriles is 1. The quantitative estimate of drug-likeness (QED) is 0.617. The first-order chi connectivity index (χ1) is 5.72. The van der Waals surface area contributed by atoms with Gasteiger partial charge in [-0.05, 0) is 18.2 Å². The smallest absolute Gasteiger partial charge is 0.190 e. The highest BCUT2D eigenvalue weighted by molar-refractivity contribution is 8.13. The van der Waals surface area contributed by atoms with E-state index in [-0.39, 0.29) is 5.12 Å². The molecule has 0 aliphatic carbocycles. The average Bonchev–Trinajstić information content (AvgIpc) is 2.03. The lowest BCUT2D eigenvalue weighted by molar-refractivity contribution is -0.109. The standard InChI is InChI=1S/C9H7NOS/c1-7(11)12-9-4-2-3-8(5-9)6-10/h2-5H,1H3. The van der Waals surface area contributed by atoms with Crippen LogP contribution in [0.5, 0.6) is 0 Å². The molecule has 1 rings (SSSR count). The average molecular weight is 177 g/mol. The van der Waals surface area contributed by atoms with Gasteiger partial charge in [0.05, 0.1) is 11.6 Å². The van der Waals surface area contributed by atoms with Gasteiger partial charge in [-0.3, -0.25) is 4.79 Å². The van der Waals surface area contributed by atoms with E-state index in [2.05, 4.69) is 0 Å². The minimum atomic E-state index is 0.0325. The first-order valence-electron chi connectivity index (χ1n) is 3.41. The molecule has 0 aliphatic heterocycles. The molecule has 0 saturated heterocycles. The van der Waals surface area contributed by atoms with Crippen molar-refractivity contribution in [1.29, 1.82) is 5.26 Å². The Bertz CT molecular complexity index is 341. The van der Waals surface area contributed by atoms with Gasteiger partial charge in [-0.1, -0.05) is 17.8 Å². The maximum atomic E-state index is 10.7. The maximum Gasteiger partial charge on any atom is 0.190 e. The van der Waals surface area contributed by atoms with Crippen molar-refractivity contribution in [3.8, 4) is 6.07 Å². The summed E-state index contributed by atoms with van der Waals surface area (Å²) in [7, 11) is 0. The Morgan fingerprint density at radius 1 is 1.58 bits per heavy atom. The van der Waals surface area contributed by atoms with E-state index in [0.29, 0.717) is 5.56 Å². The number of hydrogen-bond donors (Lipinski definition) is 0. The SMILES string of the molecule is CC(=O)Sc1cccc(C#N)c1. The van der Waals surface area contributed by atoms with Crippen LogP contribution in [0.1, 0.15) is 12.5 Å². The van der Waals surface area contributed by atoms with E-state index in [1.807, 2.05) is 12.1 Å². The van der Waals surface area contributed by atoms with E-state index < -0.39 is 0 Å². The van der Waals surface area contributed by atoms with Crippen LogP contribution in [-0.2, 0) is 4.79 Å². The normalized spacial score (nSPS) is 9.00. The van der Waals surface area contributed by atoms with E-state index in [9.17, 15) is 4.79 Å². The Hall–Kier alpha value is -1.27. The minimum absolute atomic E-state index is 0.0325. The van der Waals surface area contributed by atoms with Gasteiger partial charge in [-0.2, -0.15) is 5.26 Å². The largest absolute Gasteiger partial charge is 0.287 e. The van der Waals surface area contributed by atoms with Crippen LogP contribution in [0.3, 0.4) is 0 Å². The number of carbonyl (C=O) groups excluding carboxylic acids is 1. The van der Waals surface area contributed by atoms with Crippen LogP contribution in [0.15, 0.2) is 29.2 Å². The molecule has 0 spiro atoms. The summed E-state index contributed by atoms with van der Waals surface area (Å²) in [5, 5.41) is 8.58. The number of benzene rings is 1. The minimum Gasteiger partial charge on any atom is -0.287 e. The van der Waals surface area contributed by atoms with Crippen molar-refractivity contribution >= 4 is 16.9 Å². The molecule has 0 aromatic heterocycles. The molecule has 0 unspecified atom stereocenters. The summed E-state index contributed by atoms with van der Waals surface area (Å²) in [6.45, 7) is 1.50. The Morgan fingerprint density at radius 3 is 2.92 bits per heavy atom. The van der Waals surface area contributed by atoms with Crippen LogP contribution in [0.4, 0.5) is 0 Å². The predicted molar refractivity (Wildman–Crippen MR) is 47.7 cm³/mol. The van der Waals surface area contributed by atoms with Gasteiger partial charge >= 0.3 is 0 Å². The second-order valence-electron chi connectivity index (χ2n) is 2.23. The van der Waals surface area contributed by atoms with Crippen molar-refractivity contribution in [2.24, 2.45) is 0 Å². The van der Waals surface area contributed by atoms with E-state index in [1.165, 1.54) is 6.92 Å². The monoisotopic (exact) mass is 177 g/mol. The molecule has 0 N–H and O–H groups in total. The summed E-state index contributed by atoms with van der Waals surface area (Å²) >= 11 is 1.14. The highest BCUT2D eigenvalue weighted by Crippen LogP contribution is 2.18. The van der Waals surface area contributed by atoms with Crippen molar-refractivity contribution in [2.75, 3.05) is 0 Å². The van der Waals surface area contributed by atoms with Crippen molar-refractivity contribution in [3.05, 3.63) is 29.8 Å². The van der Waals surface area contributed by atoms with Gasteiger partial charge in [-0.25, -0.2) is 0 Å². The molecule has 0 bridgehead atoms. The van der Waals surface area contributed by atoms with E-state index >= 15 is 0 Å². The van der Waals surface area contributed by atoms with E-state index in [0.717, 1.165) is 16.7 Å². The fraction of sp³-hybridized carbons (Fsp3) is 0.111. The fourth-order valence-corrected chi connectivity index (χ4v) is 1.46. The van der Waals surface area contributed by atoms with Crippen LogP contribution in [0, 0.1) is 11.3 Å². The molecule has 1 aromatic rings. The fourth-order valence-electron chi connectivity index (χ4n) is 0.795. The zero-order chi connectivity index (χ0) is 8.97. The molecule has 0 fully saturated rings. The van der Waals surface area contributed by atoms with Gasteiger partial charge < -0.3 is 0 Å². The van der Waals surface area contributed by atoms with Crippen LogP contribution < -0.4 is 0 Å². The Morgan fingerprint density at radius 2 is 2.33 bits per heavy atom. The first-order valence-corrected chi connectivity index (χ1v) is 4.22. The zero-order valence-corrected chi connectivity index (χ0v) is 7.39. The van der Waals surface area contributed by atoms with Crippen LogP contribution in [0.2, 0.25) is 0 Å². The third-order valence-electron chi connectivity index (χ3n) is 1.22. The molecule has 12 heavy (non-hydrogen) atoms. The van der Waals surface area contributed by atoms with Gasteiger partial charge in [0.1, 0.15) is 0 Å². The Kier molecular flexibility index (Phi) is 2.89. The van der Waals surface area contributed by atoms with Crippen molar-refractivity contribution in [3.63, 3.8) is 0 Å². The van der Waals surface area contributed by atoms with Crippen molar-refractivity contribution < 1.29 is 4.79 Å².